The van der Waals surface area contributed by atoms with Crippen molar-refractivity contribution in [2.45, 2.75) is 53.2 Å². The van der Waals surface area contributed by atoms with E-state index in [0.29, 0.717) is 25.0 Å². The Bertz CT molecular complexity index is 422. The van der Waals surface area contributed by atoms with E-state index in [2.05, 4.69) is 43.0 Å². The lowest BCUT2D eigenvalue weighted by Crippen LogP contribution is -2.23. The van der Waals surface area contributed by atoms with Crippen LogP contribution in [0, 0.1) is 5.92 Å². The van der Waals surface area contributed by atoms with E-state index in [1.54, 1.807) is 13.3 Å². The van der Waals surface area contributed by atoms with E-state index in [4.69, 9.17) is 9.47 Å². The normalized spacial score (nSPS) is 13.0. The average molecular weight is 295 g/mol. The quantitative estimate of drug-likeness (QED) is 0.759. The van der Waals surface area contributed by atoms with Crippen LogP contribution in [0.3, 0.4) is 0 Å². The fourth-order valence-electron chi connectivity index (χ4n) is 1.89. The molecule has 5 nitrogen and oxygen atoms in total. The highest BCUT2D eigenvalue weighted by atomic mass is 16.5. The van der Waals surface area contributed by atoms with Crippen molar-refractivity contribution in [3.63, 3.8) is 0 Å². The predicted molar refractivity (Wildman–Crippen MR) is 84.6 cm³/mol. The minimum absolute atomic E-state index is 0.0210. The van der Waals surface area contributed by atoms with Crippen LogP contribution in [0.1, 0.15) is 52.1 Å². The number of aromatic nitrogens is 2. The van der Waals surface area contributed by atoms with Gasteiger partial charge in [-0.3, -0.25) is 0 Å². The molecule has 0 spiro atoms. The molecule has 1 heterocycles. The molecule has 0 bridgehead atoms. The molecule has 1 aromatic heterocycles. The molecule has 21 heavy (non-hydrogen) atoms. The van der Waals surface area contributed by atoms with Crippen LogP contribution in [-0.4, -0.2) is 36.3 Å². The molecule has 0 amide bonds. The third-order valence-electron chi connectivity index (χ3n) is 2.94. The fourth-order valence-corrected chi connectivity index (χ4v) is 1.89. The Morgan fingerprint density at radius 3 is 2.48 bits per heavy atom. The Morgan fingerprint density at radius 2 is 1.90 bits per heavy atom. The van der Waals surface area contributed by atoms with E-state index in [-0.39, 0.29) is 6.10 Å². The first kappa shape index (κ1) is 17.9. The zero-order chi connectivity index (χ0) is 15.8. The third-order valence-corrected chi connectivity index (χ3v) is 2.94. The second-order valence-electron chi connectivity index (χ2n) is 6.10. The number of hydrogen-bond acceptors (Lipinski definition) is 5. The highest BCUT2D eigenvalue weighted by molar-refractivity contribution is 5.25. The Balaban J connectivity index is 2.83. The minimum Gasteiger partial charge on any atom is -0.485 e. The molecule has 0 aromatic carbocycles. The molecular formula is C16H29N3O2. The maximum absolute atomic E-state index is 5.89. The lowest BCUT2D eigenvalue weighted by Gasteiger charge is -2.17. The predicted octanol–water partition coefficient (Wildman–Crippen LogP) is 2.76. The summed E-state index contributed by atoms with van der Waals surface area (Å²) in [6, 6.07) is 0. The summed E-state index contributed by atoms with van der Waals surface area (Å²) < 4.78 is 11.0. The van der Waals surface area contributed by atoms with Crippen LogP contribution < -0.4 is 10.1 Å². The van der Waals surface area contributed by atoms with Crippen LogP contribution >= 0.6 is 0 Å². The van der Waals surface area contributed by atoms with Crippen molar-refractivity contribution in [2.24, 2.45) is 5.92 Å². The largest absolute Gasteiger partial charge is 0.485 e. The molecule has 0 aliphatic heterocycles. The second-order valence-corrected chi connectivity index (χ2v) is 6.10. The molecule has 0 saturated heterocycles. The highest BCUT2D eigenvalue weighted by Crippen LogP contribution is 2.20. The van der Waals surface area contributed by atoms with E-state index in [1.807, 2.05) is 6.92 Å². The van der Waals surface area contributed by atoms with Crippen LogP contribution in [0.5, 0.6) is 5.75 Å². The first-order valence-corrected chi connectivity index (χ1v) is 7.66. The van der Waals surface area contributed by atoms with Gasteiger partial charge in [-0.25, -0.2) is 9.97 Å². The van der Waals surface area contributed by atoms with Crippen molar-refractivity contribution >= 4 is 0 Å². The topological polar surface area (TPSA) is 56.3 Å². The van der Waals surface area contributed by atoms with Crippen LogP contribution in [0.4, 0.5) is 0 Å². The second kappa shape index (κ2) is 8.95. The van der Waals surface area contributed by atoms with Gasteiger partial charge in [-0.1, -0.05) is 27.7 Å². The van der Waals surface area contributed by atoms with E-state index < -0.39 is 0 Å². The van der Waals surface area contributed by atoms with Gasteiger partial charge in [0.15, 0.2) is 5.75 Å². The Morgan fingerprint density at radius 1 is 1.19 bits per heavy atom. The summed E-state index contributed by atoms with van der Waals surface area (Å²) in [5.74, 6) is 2.50. The molecule has 1 N–H and O–H groups in total. The van der Waals surface area contributed by atoms with Crippen molar-refractivity contribution in [1.29, 1.82) is 0 Å². The van der Waals surface area contributed by atoms with Crippen LogP contribution in [0.15, 0.2) is 6.20 Å². The molecule has 120 valence electrons. The first-order chi connectivity index (χ1) is 9.93. The van der Waals surface area contributed by atoms with E-state index in [0.717, 1.165) is 23.8 Å². The summed E-state index contributed by atoms with van der Waals surface area (Å²) >= 11 is 0. The maximum atomic E-state index is 5.89. The number of hydrogen-bond donors (Lipinski definition) is 1. The summed E-state index contributed by atoms with van der Waals surface area (Å²) in [5.41, 5.74) is 0.914. The average Bonchev–Trinajstić information content (AvgIpc) is 2.40. The Kier molecular flexibility index (Phi) is 7.61. The molecule has 1 unspecified atom stereocenters. The summed E-state index contributed by atoms with van der Waals surface area (Å²) in [6.07, 6.45) is 1.76. The van der Waals surface area contributed by atoms with Crippen LogP contribution in [0.25, 0.3) is 0 Å². The van der Waals surface area contributed by atoms with Crippen LogP contribution in [-0.2, 0) is 11.3 Å². The van der Waals surface area contributed by atoms with Crippen molar-refractivity contribution in [2.75, 3.05) is 20.3 Å². The summed E-state index contributed by atoms with van der Waals surface area (Å²) in [7, 11) is 1.67. The summed E-state index contributed by atoms with van der Waals surface area (Å²) in [4.78, 5) is 9.03. The van der Waals surface area contributed by atoms with E-state index in [1.165, 1.54) is 0 Å². The molecule has 1 rings (SSSR count). The summed E-state index contributed by atoms with van der Waals surface area (Å²) in [5, 5.41) is 3.41. The maximum Gasteiger partial charge on any atom is 0.160 e. The van der Waals surface area contributed by atoms with Gasteiger partial charge >= 0.3 is 0 Å². The number of ether oxygens (including phenoxy) is 2. The van der Waals surface area contributed by atoms with Gasteiger partial charge in [0, 0.05) is 19.6 Å². The molecule has 0 saturated carbocycles. The Labute approximate surface area is 128 Å². The van der Waals surface area contributed by atoms with Crippen molar-refractivity contribution < 1.29 is 9.47 Å². The summed E-state index contributed by atoms with van der Waals surface area (Å²) in [6.45, 7) is 12.7. The molecule has 1 atom stereocenters. The number of rotatable bonds is 9. The molecular weight excluding hydrogens is 266 g/mol. The van der Waals surface area contributed by atoms with Gasteiger partial charge in [0.2, 0.25) is 0 Å². The van der Waals surface area contributed by atoms with Crippen molar-refractivity contribution in [1.82, 2.24) is 15.3 Å². The lowest BCUT2D eigenvalue weighted by molar-refractivity contribution is 0.0906. The van der Waals surface area contributed by atoms with Gasteiger partial charge in [-0.15, -0.1) is 0 Å². The van der Waals surface area contributed by atoms with Gasteiger partial charge in [-0.05, 0) is 19.4 Å². The van der Waals surface area contributed by atoms with E-state index >= 15 is 0 Å². The first-order valence-electron chi connectivity index (χ1n) is 7.66. The van der Waals surface area contributed by atoms with Crippen molar-refractivity contribution in [3.05, 3.63) is 17.7 Å². The smallest absolute Gasteiger partial charge is 0.160 e. The standard InChI is InChI=1S/C16H29N3O2/c1-11(2)7-17-8-14-15(21-13(5)10-20-6)9-18-16(19-14)12(3)4/h9,11-13,17H,7-8,10H2,1-6H3. The zero-order valence-corrected chi connectivity index (χ0v) is 14.1. The lowest BCUT2D eigenvalue weighted by atomic mass is 10.2. The number of nitrogens with zero attached hydrogens (tertiary/aromatic N) is 2. The minimum atomic E-state index is -0.0210. The third kappa shape index (κ3) is 6.40. The SMILES string of the molecule is COCC(C)Oc1cnc(C(C)C)nc1CNCC(C)C. The zero-order valence-electron chi connectivity index (χ0n) is 14.1. The molecule has 0 radical (unpaired) electrons. The highest BCUT2D eigenvalue weighted by Gasteiger charge is 2.13. The number of nitrogens with one attached hydrogen (secondary N) is 1. The Hall–Kier alpha value is -1.20. The molecule has 0 aliphatic carbocycles. The molecule has 5 heteroatoms. The van der Waals surface area contributed by atoms with Gasteiger partial charge in [-0.2, -0.15) is 0 Å². The van der Waals surface area contributed by atoms with Gasteiger partial charge < -0.3 is 14.8 Å². The monoisotopic (exact) mass is 295 g/mol. The fraction of sp³-hybridized carbons (Fsp3) is 0.750. The van der Waals surface area contributed by atoms with Gasteiger partial charge in [0.05, 0.1) is 18.5 Å². The van der Waals surface area contributed by atoms with E-state index in [9.17, 15) is 0 Å². The van der Waals surface area contributed by atoms with Gasteiger partial charge in [0.25, 0.3) is 0 Å². The van der Waals surface area contributed by atoms with Crippen molar-refractivity contribution in [3.8, 4) is 5.75 Å². The van der Waals surface area contributed by atoms with Gasteiger partial charge in [0.1, 0.15) is 11.9 Å². The molecule has 1 aromatic rings. The molecule has 0 fully saturated rings. The van der Waals surface area contributed by atoms with Crippen LogP contribution in [0.2, 0.25) is 0 Å². The number of methoxy groups -OCH3 is 1. The molecule has 0 aliphatic rings.